The van der Waals surface area contributed by atoms with Crippen LogP contribution in [-0.2, 0) is 9.84 Å². The van der Waals surface area contributed by atoms with Crippen molar-refractivity contribution in [3.63, 3.8) is 0 Å². The van der Waals surface area contributed by atoms with Crippen molar-refractivity contribution in [2.75, 3.05) is 17.4 Å². The summed E-state index contributed by atoms with van der Waals surface area (Å²) in [6, 6.07) is 7.06. The van der Waals surface area contributed by atoms with Gasteiger partial charge in [-0.2, -0.15) is 0 Å². The second kappa shape index (κ2) is 6.66. The summed E-state index contributed by atoms with van der Waals surface area (Å²) in [5.74, 6) is 2.20. The van der Waals surface area contributed by atoms with Gasteiger partial charge in [0.25, 0.3) is 0 Å². The third-order valence-corrected chi connectivity index (χ3v) is 5.98. The van der Waals surface area contributed by atoms with Gasteiger partial charge in [-0.1, -0.05) is 13.8 Å². The van der Waals surface area contributed by atoms with Crippen molar-refractivity contribution in [3.05, 3.63) is 24.3 Å². The van der Waals surface area contributed by atoms with Crippen LogP contribution in [-0.4, -0.2) is 25.8 Å². The molecule has 1 aromatic rings. The molecule has 1 aromatic carbocycles. The van der Waals surface area contributed by atoms with Gasteiger partial charge in [-0.05, 0) is 30.2 Å². The van der Waals surface area contributed by atoms with Crippen molar-refractivity contribution in [2.24, 2.45) is 5.92 Å². The van der Waals surface area contributed by atoms with E-state index in [0.29, 0.717) is 16.7 Å². The third kappa shape index (κ3) is 4.53. The second-order valence-electron chi connectivity index (χ2n) is 3.95. The minimum absolute atomic E-state index is 0.142. The normalized spacial score (nSPS) is 13.6. The zero-order chi connectivity index (χ0) is 12.9. The smallest absolute Gasteiger partial charge is 0.178 e. The summed E-state index contributed by atoms with van der Waals surface area (Å²) in [5.41, 5.74) is 0. The number of benzene rings is 1. The lowest BCUT2D eigenvalue weighted by Gasteiger charge is -2.07. The highest BCUT2D eigenvalue weighted by Crippen LogP contribution is 2.23. The summed E-state index contributed by atoms with van der Waals surface area (Å²) >= 11 is 7.43. The Bertz CT molecular complexity index is 440. The molecule has 17 heavy (non-hydrogen) atoms. The molecule has 0 radical (unpaired) electrons. The monoisotopic (exact) mass is 292 g/mol. The Balaban J connectivity index is 2.69. The fraction of sp³-hybridized carbons (Fsp3) is 0.500. The van der Waals surface area contributed by atoms with Gasteiger partial charge in [0.1, 0.15) is 0 Å². The van der Waals surface area contributed by atoms with Crippen molar-refractivity contribution < 1.29 is 8.42 Å². The summed E-state index contributed by atoms with van der Waals surface area (Å²) in [6.07, 6.45) is 0. The number of sulfone groups is 1. The number of alkyl halides is 1. The first-order valence-corrected chi connectivity index (χ1v) is 8.68. The van der Waals surface area contributed by atoms with Crippen LogP contribution in [0.1, 0.15) is 13.8 Å². The average Bonchev–Trinajstić information content (AvgIpc) is 2.36. The van der Waals surface area contributed by atoms with Gasteiger partial charge in [-0.3, -0.25) is 0 Å². The van der Waals surface area contributed by atoms with E-state index in [9.17, 15) is 8.42 Å². The Morgan fingerprint density at radius 2 is 1.88 bits per heavy atom. The van der Waals surface area contributed by atoms with Crippen LogP contribution in [0.25, 0.3) is 0 Å². The molecule has 0 N–H and O–H groups in total. The molecule has 0 aliphatic carbocycles. The van der Waals surface area contributed by atoms with Gasteiger partial charge in [0.2, 0.25) is 0 Å². The molecule has 0 heterocycles. The van der Waals surface area contributed by atoms with Gasteiger partial charge in [0, 0.05) is 16.5 Å². The molecule has 0 saturated heterocycles. The molecular weight excluding hydrogens is 276 g/mol. The molecular formula is C12H17ClO2S2. The quantitative estimate of drug-likeness (QED) is 0.595. The molecule has 5 heteroatoms. The summed E-state index contributed by atoms with van der Waals surface area (Å²) in [4.78, 5) is 1.48. The standard InChI is InChI=1S/C12H17ClO2S2/c1-3-17(14,15)12-6-4-11(5-7-12)16-9-10(2)8-13/h4-7,10H,3,8-9H2,1-2H3. The van der Waals surface area contributed by atoms with E-state index in [1.807, 2.05) is 12.1 Å². The maximum Gasteiger partial charge on any atom is 0.178 e. The summed E-state index contributed by atoms with van der Waals surface area (Å²) < 4.78 is 23.2. The van der Waals surface area contributed by atoms with E-state index in [-0.39, 0.29) is 5.75 Å². The molecule has 96 valence electrons. The lowest BCUT2D eigenvalue weighted by atomic mass is 10.3. The Morgan fingerprint density at radius 1 is 1.29 bits per heavy atom. The van der Waals surface area contributed by atoms with Crippen LogP contribution in [0.5, 0.6) is 0 Å². The van der Waals surface area contributed by atoms with Crippen LogP contribution in [0.3, 0.4) is 0 Å². The number of hydrogen-bond acceptors (Lipinski definition) is 3. The number of hydrogen-bond donors (Lipinski definition) is 0. The Hall–Kier alpha value is -0.190. The number of thioether (sulfide) groups is 1. The van der Waals surface area contributed by atoms with E-state index >= 15 is 0 Å². The largest absolute Gasteiger partial charge is 0.224 e. The molecule has 1 atom stereocenters. The van der Waals surface area contributed by atoms with Crippen LogP contribution < -0.4 is 0 Å². The molecule has 0 fully saturated rings. The van der Waals surface area contributed by atoms with Crippen molar-refractivity contribution >= 4 is 33.2 Å². The number of halogens is 1. The third-order valence-electron chi connectivity index (χ3n) is 2.36. The minimum atomic E-state index is -3.08. The molecule has 0 amide bonds. The highest BCUT2D eigenvalue weighted by Gasteiger charge is 2.10. The van der Waals surface area contributed by atoms with E-state index in [1.54, 1.807) is 30.8 Å². The first kappa shape index (κ1) is 14.9. The molecule has 0 bridgehead atoms. The molecule has 1 rings (SSSR count). The highest BCUT2D eigenvalue weighted by molar-refractivity contribution is 7.99. The van der Waals surface area contributed by atoms with Crippen molar-refractivity contribution in [2.45, 2.75) is 23.6 Å². The summed E-state index contributed by atoms with van der Waals surface area (Å²) in [6.45, 7) is 3.75. The lowest BCUT2D eigenvalue weighted by Crippen LogP contribution is -2.03. The van der Waals surface area contributed by atoms with E-state index in [4.69, 9.17) is 11.6 Å². The Labute approximate surface area is 113 Å². The van der Waals surface area contributed by atoms with Crippen LogP contribution >= 0.6 is 23.4 Å². The van der Waals surface area contributed by atoms with Gasteiger partial charge in [-0.25, -0.2) is 8.42 Å². The zero-order valence-corrected chi connectivity index (χ0v) is 12.4. The average molecular weight is 293 g/mol. The Morgan fingerprint density at radius 3 is 2.35 bits per heavy atom. The highest BCUT2D eigenvalue weighted by atomic mass is 35.5. The van der Waals surface area contributed by atoms with E-state index < -0.39 is 9.84 Å². The lowest BCUT2D eigenvalue weighted by molar-refractivity contribution is 0.597. The van der Waals surface area contributed by atoms with Crippen molar-refractivity contribution in [1.29, 1.82) is 0 Å². The zero-order valence-electron chi connectivity index (χ0n) is 10.0. The van der Waals surface area contributed by atoms with Crippen LogP contribution in [0.2, 0.25) is 0 Å². The maximum absolute atomic E-state index is 11.6. The second-order valence-corrected chi connectivity index (χ2v) is 7.63. The molecule has 0 saturated carbocycles. The van der Waals surface area contributed by atoms with Gasteiger partial charge in [0.05, 0.1) is 10.6 Å². The Kier molecular flexibility index (Phi) is 5.83. The first-order valence-electron chi connectivity index (χ1n) is 5.51. The fourth-order valence-electron chi connectivity index (χ4n) is 1.19. The molecule has 0 aromatic heterocycles. The van der Waals surface area contributed by atoms with E-state index in [2.05, 4.69) is 6.92 Å². The minimum Gasteiger partial charge on any atom is -0.224 e. The topological polar surface area (TPSA) is 34.1 Å². The molecule has 1 unspecified atom stereocenters. The van der Waals surface area contributed by atoms with Crippen LogP contribution in [0, 0.1) is 5.92 Å². The molecule has 2 nitrogen and oxygen atoms in total. The van der Waals surface area contributed by atoms with Crippen LogP contribution in [0.4, 0.5) is 0 Å². The molecule has 0 aliphatic heterocycles. The fourth-order valence-corrected chi connectivity index (χ4v) is 3.24. The predicted octanol–water partition coefficient (Wildman–Crippen LogP) is 3.45. The van der Waals surface area contributed by atoms with E-state index in [0.717, 1.165) is 10.6 Å². The number of rotatable bonds is 6. The van der Waals surface area contributed by atoms with E-state index in [1.165, 1.54) is 0 Å². The summed E-state index contributed by atoms with van der Waals surface area (Å²) in [7, 11) is -3.08. The SMILES string of the molecule is CCS(=O)(=O)c1ccc(SCC(C)CCl)cc1. The first-order chi connectivity index (χ1) is 7.99. The van der Waals surface area contributed by atoms with Gasteiger partial charge < -0.3 is 0 Å². The van der Waals surface area contributed by atoms with Gasteiger partial charge in [-0.15, -0.1) is 23.4 Å². The molecule has 0 aliphatic rings. The van der Waals surface area contributed by atoms with Crippen molar-refractivity contribution in [3.8, 4) is 0 Å². The van der Waals surface area contributed by atoms with Crippen molar-refractivity contribution in [1.82, 2.24) is 0 Å². The molecule has 0 spiro atoms. The van der Waals surface area contributed by atoms with Gasteiger partial charge >= 0.3 is 0 Å². The van der Waals surface area contributed by atoms with Crippen LogP contribution in [0.15, 0.2) is 34.1 Å². The summed E-state index contributed by atoms with van der Waals surface area (Å²) in [5, 5.41) is 0. The maximum atomic E-state index is 11.6. The van der Waals surface area contributed by atoms with Gasteiger partial charge in [0.15, 0.2) is 9.84 Å². The predicted molar refractivity (Wildman–Crippen MR) is 74.8 cm³/mol.